The monoisotopic (exact) mass is 193 g/mol. The van der Waals surface area contributed by atoms with Gasteiger partial charge < -0.3 is 4.89 Å². The van der Waals surface area contributed by atoms with E-state index >= 15 is 0 Å². The van der Waals surface area contributed by atoms with Gasteiger partial charge in [-0.25, -0.2) is 0 Å². The quantitative estimate of drug-likeness (QED) is 0.534. The molecule has 0 fully saturated rings. The molecular weight excluding hydrogens is 178 g/mol. The lowest BCUT2D eigenvalue weighted by atomic mass is 10.3. The first-order valence-electron chi connectivity index (χ1n) is 4.06. The fraction of sp³-hybridized carbons (Fsp3) is 0.400. The highest BCUT2D eigenvalue weighted by Gasteiger charge is 2.23. The van der Waals surface area contributed by atoms with Gasteiger partial charge in [0.1, 0.15) is 0 Å². The minimum absolute atomic E-state index is 0. The molecule has 1 atom stereocenters. The van der Waals surface area contributed by atoms with Crippen molar-refractivity contribution in [3.05, 3.63) is 30.3 Å². The van der Waals surface area contributed by atoms with Gasteiger partial charge in [-0.05, 0) is 0 Å². The molecule has 0 spiro atoms. The van der Waals surface area contributed by atoms with Crippen molar-refractivity contribution >= 4 is 21.9 Å². The summed E-state index contributed by atoms with van der Waals surface area (Å²) in [4.78, 5) is 9.92. The van der Waals surface area contributed by atoms with Crippen LogP contribution in [0.1, 0.15) is 20.8 Å². The Kier molecular flexibility index (Phi) is 4.67. The standard InChI is InChI=1S/C10H15OP.B/c1-10(2,3)12(11)9-7-5-4-6-8-9;/h4-8,11H,1-3H3;/t12-;/m0./s1. The van der Waals surface area contributed by atoms with Crippen molar-refractivity contribution in [3.8, 4) is 0 Å². The lowest BCUT2D eigenvalue weighted by Gasteiger charge is -2.25. The van der Waals surface area contributed by atoms with Gasteiger partial charge in [-0.15, -0.1) is 0 Å². The zero-order chi connectivity index (χ0) is 9.19. The summed E-state index contributed by atoms with van der Waals surface area (Å²) in [5, 5.41) is 1.04. The predicted molar refractivity (Wildman–Crippen MR) is 60.7 cm³/mol. The van der Waals surface area contributed by atoms with E-state index < -0.39 is 8.15 Å². The fourth-order valence-electron chi connectivity index (χ4n) is 0.956. The van der Waals surface area contributed by atoms with Crippen LogP contribution in [0.15, 0.2) is 30.3 Å². The topological polar surface area (TPSA) is 20.2 Å². The molecule has 0 unspecified atom stereocenters. The summed E-state index contributed by atoms with van der Waals surface area (Å²) in [7, 11) is -1.02. The average Bonchev–Trinajstić information content (AvgIpc) is 2.03. The van der Waals surface area contributed by atoms with Crippen molar-refractivity contribution in [1.29, 1.82) is 0 Å². The summed E-state index contributed by atoms with van der Waals surface area (Å²) < 4.78 is 0. The van der Waals surface area contributed by atoms with E-state index in [2.05, 4.69) is 20.8 Å². The van der Waals surface area contributed by atoms with Gasteiger partial charge in [0.25, 0.3) is 0 Å². The first-order chi connectivity index (χ1) is 5.52. The highest BCUT2D eigenvalue weighted by molar-refractivity contribution is 7.61. The molecule has 13 heavy (non-hydrogen) atoms. The van der Waals surface area contributed by atoms with Gasteiger partial charge in [-0.2, -0.15) is 0 Å². The fourth-order valence-corrected chi connectivity index (χ4v) is 2.19. The lowest BCUT2D eigenvalue weighted by molar-refractivity contribution is 0.589. The van der Waals surface area contributed by atoms with Crippen LogP contribution in [0, 0.1) is 0 Å². The molecule has 3 heteroatoms. The molecule has 0 aliphatic carbocycles. The number of hydrogen-bond acceptors (Lipinski definition) is 1. The second-order valence-electron chi connectivity index (χ2n) is 3.82. The molecule has 1 nitrogen and oxygen atoms in total. The van der Waals surface area contributed by atoms with Gasteiger partial charge >= 0.3 is 0 Å². The van der Waals surface area contributed by atoms with Gasteiger partial charge in [-0.1, -0.05) is 51.1 Å². The second kappa shape index (κ2) is 4.78. The Morgan fingerprint density at radius 1 is 1.08 bits per heavy atom. The normalized spacial score (nSPS) is 13.2. The minimum atomic E-state index is -1.02. The lowest BCUT2D eigenvalue weighted by Crippen LogP contribution is -2.18. The second-order valence-corrected chi connectivity index (χ2v) is 6.30. The highest BCUT2D eigenvalue weighted by Crippen LogP contribution is 2.43. The third-order valence-electron chi connectivity index (χ3n) is 1.64. The van der Waals surface area contributed by atoms with E-state index in [1.54, 1.807) is 0 Å². The summed E-state index contributed by atoms with van der Waals surface area (Å²) in [5.41, 5.74) is 0. The molecule has 0 aliphatic heterocycles. The van der Waals surface area contributed by atoms with Crippen LogP contribution in [0.2, 0.25) is 0 Å². The van der Waals surface area contributed by atoms with Crippen LogP contribution in [0.3, 0.4) is 0 Å². The van der Waals surface area contributed by atoms with Crippen LogP contribution >= 0.6 is 8.15 Å². The van der Waals surface area contributed by atoms with Crippen LogP contribution in [0.5, 0.6) is 0 Å². The molecule has 0 saturated carbocycles. The van der Waals surface area contributed by atoms with E-state index in [1.165, 1.54) is 0 Å². The smallest absolute Gasteiger partial charge is 0.0618 e. The number of benzene rings is 1. The summed E-state index contributed by atoms with van der Waals surface area (Å²) in [6.45, 7) is 6.18. The van der Waals surface area contributed by atoms with Crippen LogP contribution in [-0.4, -0.2) is 18.5 Å². The van der Waals surface area contributed by atoms with Crippen LogP contribution in [-0.2, 0) is 0 Å². The summed E-state index contributed by atoms with van der Waals surface area (Å²) >= 11 is 0. The van der Waals surface area contributed by atoms with Crippen LogP contribution in [0.25, 0.3) is 0 Å². The Morgan fingerprint density at radius 3 is 1.92 bits per heavy atom. The largest absolute Gasteiger partial charge is 0.368 e. The molecule has 69 valence electrons. The maximum atomic E-state index is 9.92. The highest BCUT2D eigenvalue weighted by atomic mass is 31.1. The first-order valence-corrected chi connectivity index (χ1v) is 5.35. The summed E-state index contributed by atoms with van der Waals surface area (Å²) in [6.07, 6.45) is 0. The predicted octanol–water partition coefficient (Wildman–Crippen LogP) is 2.12. The van der Waals surface area contributed by atoms with Gasteiger partial charge in [-0.3, -0.25) is 0 Å². The van der Waals surface area contributed by atoms with Crippen LogP contribution in [0.4, 0.5) is 0 Å². The average molecular weight is 193 g/mol. The summed E-state index contributed by atoms with van der Waals surface area (Å²) in [5.74, 6) is 0. The van der Waals surface area contributed by atoms with Crippen molar-refractivity contribution in [1.82, 2.24) is 0 Å². The maximum absolute atomic E-state index is 9.92. The van der Waals surface area contributed by atoms with Crippen molar-refractivity contribution in [3.63, 3.8) is 0 Å². The van der Waals surface area contributed by atoms with Gasteiger partial charge in [0.2, 0.25) is 0 Å². The zero-order valence-corrected chi connectivity index (χ0v) is 9.25. The molecule has 0 aliphatic rings. The number of hydrogen-bond donors (Lipinski definition) is 1. The van der Waals surface area contributed by atoms with Gasteiger partial charge in [0.05, 0.1) is 8.15 Å². The third kappa shape index (κ3) is 3.50. The Balaban J connectivity index is 0.00000144. The third-order valence-corrected chi connectivity index (χ3v) is 3.69. The van der Waals surface area contributed by atoms with Crippen molar-refractivity contribution in [2.24, 2.45) is 0 Å². The molecule has 0 saturated heterocycles. The first kappa shape index (κ1) is 12.7. The zero-order valence-electron chi connectivity index (χ0n) is 8.36. The Hall–Kier alpha value is -0.325. The Morgan fingerprint density at radius 2 is 1.54 bits per heavy atom. The van der Waals surface area contributed by atoms with Gasteiger partial charge in [0.15, 0.2) is 0 Å². The molecule has 0 bridgehead atoms. The molecular formula is C10H15BOP. The molecule has 1 rings (SSSR count). The molecule has 1 aromatic rings. The van der Waals surface area contributed by atoms with Crippen molar-refractivity contribution in [2.45, 2.75) is 25.9 Å². The number of rotatable bonds is 1. The van der Waals surface area contributed by atoms with Crippen LogP contribution < -0.4 is 5.30 Å². The van der Waals surface area contributed by atoms with E-state index in [0.717, 1.165) is 5.30 Å². The molecule has 1 aromatic carbocycles. The molecule has 0 heterocycles. The van der Waals surface area contributed by atoms with E-state index in [0.29, 0.717) is 0 Å². The SMILES string of the molecule is CC(C)(C)[P@@](O)c1ccccc1.[B]. The Bertz CT molecular complexity index is 243. The molecule has 0 aromatic heterocycles. The molecule has 3 radical (unpaired) electrons. The van der Waals surface area contributed by atoms with Crippen molar-refractivity contribution in [2.75, 3.05) is 0 Å². The minimum Gasteiger partial charge on any atom is -0.368 e. The molecule has 0 amide bonds. The van der Waals surface area contributed by atoms with E-state index in [4.69, 9.17) is 0 Å². The molecule has 1 N–H and O–H groups in total. The van der Waals surface area contributed by atoms with E-state index in [-0.39, 0.29) is 13.6 Å². The van der Waals surface area contributed by atoms with E-state index in [1.807, 2.05) is 30.3 Å². The maximum Gasteiger partial charge on any atom is 0.0618 e. The van der Waals surface area contributed by atoms with Gasteiger partial charge in [0, 0.05) is 18.9 Å². The summed E-state index contributed by atoms with van der Waals surface area (Å²) in [6, 6.07) is 9.86. The van der Waals surface area contributed by atoms with E-state index in [9.17, 15) is 4.89 Å². The van der Waals surface area contributed by atoms with Crippen molar-refractivity contribution < 1.29 is 4.89 Å². The Labute approximate surface area is 83.6 Å².